The van der Waals surface area contributed by atoms with Gasteiger partial charge in [0.05, 0.1) is 5.56 Å². The lowest BCUT2D eigenvalue weighted by Gasteiger charge is -2.25. The summed E-state index contributed by atoms with van der Waals surface area (Å²) in [5.41, 5.74) is 5.86. The standard InChI is InChI=1S/C17H22N6O2.CH2O2/c1-13(23-10-3-7-20-23)17(25)22-9-4-8-21(11-12-22)16-14(15(18)24)5-2-6-19-16;2-1-3/h2-3,5-7,10,13H,4,8-9,11-12H2,1H3,(H2,18,24);1H,(H,2,3). The summed E-state index contributed by atoms with van der Waals surface area (Å²) in [7, 11) is 0. The second kappa shape index (κ2) is 10.0. The fraction of sp³-hybridized carbons (Fsp3) is 0.389. The van der Waals surface area contributed by atoms with Gasteiger partial charge in [-0.2, -0.15) is 5.10 Å². The van der Waals surface area contributed by atoms with Crippen molar-refractivity contribution in [2.24, 2.45) is 5.73 Å². The molecule has 1 fully saturated rings. The van der Waals surface area contributed by atoms with Crippen molar-refractivity contribution in [1.29, 1.82) is 0 Å². The predicted octanol–water partition coefficient (Wildman–Crippen LogP) is 0.378. The fourth-order valence-corrected chi connectivity index (χ4v) is 3.08. The van der Waals surface area contributed by atoms with Crippen molar-refractivity contribution in [3.05, 3.63) is 42.4 Å². The van der Waals surface area contributed by atoms with E-state index in [1.54, 1.807) is 41.5 Å². The molecule has 1 unspecified atom stereocenters. The van der Waals surface area contributed by atoms with E-state index in [1.165, 1.54) is 0 Å². The molecule has 10 heteroatoms. The van der Waals surface area contributed by atoms with Gasteiger partial charge in [0.2, 0.25) is 5.91 Å². The largest absolute Gasteiger partial charge is 0.483 e. The van der Waals surface area contributed by atoms with Gasteiger partial charge in [0.15, 0.2) is 0 Å². The zero-order valence-electron chi connectivity index (χ0n) is 15.6. The van der Waals surface area contributed by atoms with E-state index in [0.29, 0.717) is 31.0 Å². The van der Waals surface area contributed by atoms with E-state index in [-0.39, 0.29) is 18.4 Å². The molecule has 10 nitrogen and oxygen atoms in total. The van der Waals surface area contributed by atoms with E-state index < -0.39 is 5.91 Å². The molecule has 0 saturated carbocycles. The van der Waals surface area contributed by atoms with E-state index in [9.17, 15) is 9.59 Å². The average molecular weight is 388 g/mol. The first-order valence-corrected chi connectivity index (χ1v) is 8.85. The summed E-state index contributed by atoms with van der Waals surface area (Å²) < 4.78 is 1.66. The first-order chi connectivity index (χ1) is 13.5. The Labute approximate surface area is 162 Å². The summed E-state index contributed by atoms with van der Waals surface area (Å²) in [5.74, 6) is 0.138. The molecule has 0 aliphatic carbocycles. The SMILES string of the molecule is CC(C(=O)N1CCCN(c2ncccc2C(N)=O)CC1)n1cccn1.O=CO. The zero-order chi connectivity index (χ0) is 20.5. The Bertz CT molecular complexity index is 795. The molecule has 1 atom stereocenters. The van der Waals surface area contributed by atoms with Crippen LogP contribution < -0.4 is 10.6 Å². The molecule has 1 saturated heterocycles. The number of aromatic nitrogens is 3. The van der Waals surface area contributed by atoms with Crippen molar-refractivity contribution in [2.75, 3.05) is 31.1 Å². The van der Waals surface area contributed by atoms with Crippen LogP contribution in [0.3, 0.4) is 0 Å². The maximum absolute atomic E-state index is 12.7. The lowest BCUT2D eigenvalue weighted by Crippen LogP contribution is -2.39. The summed E-state index contributed by atoms with van der Waals surface area (Å²) in [4.78, 5) is 40.9. The highest BCUT2D eigenvalue weighted by molar-refractivity contribution is 5.97. The highest BCUT2D eigenvalue weighted by Crippen LogP contribution is 2.19. The van der Waals surface area contributed by atoms with Crippen molar-refractivity contribution >= 4 is 24.1 Å². The Morgan fingerprint density at radius 1 is 1.21 bits per heavy atom. The van der Waals surface area contributed by atoms with Gasteiger partial charge in [-0.25, -0.2) is 4.98 Å². The van der Waals surface area contributed by atoms with E-state index >= 15 is 0 Å². The number of carbonyl (C=O) groups excluding carboxylic acids is 2. The van der Waals surface area contributed by atoms with E-state index in [1.807, 2.05) is 16.7 Å². The number of primary amides is 1. The quantitative estimate of drug-likeness (QED) is 0.723. The second-order valence-corrected chi connectivity index (χ2v) is 6.17. The van der Waals surface area contributed by atoms with E-state index in [2.05, 4.69) is 10.1 Å². The molecule has 0 spiro atoms. The van der Waals surface area contributed by atoms with Gasteiger partial charge in [-0.05, 0) is 31.5 Å². The van der Waals surface area contributed by atoms with E-state index in [4.69, 9.17) is 15.6 Å². The van der Waals surface area contributed by atoms with Gasteiger partial charge in [0, 0.05) is 44.8 Å². The number of hydrogen-bond acceptors (Lipinski definition) is 6. The van der Waals surface area contributed by atoms with E-state index in [0.717, 1.165) is 13.0 Å². The van der Waals surface area contributed by atoms with Crippen LogP contribution in [0.5, 0.6) is 0 Å². The van der Waals surface area contributed by atoms with Crippen molar-refractivity contribution < 1.29 is 19.5 Å². The molecule has 2 aromatic heterocycles. The lowest BCUT2D eigenvalue weighted by atomic mass is 10.2. The number of nitrogens with two attached hydrogens (primary N) is 1. The van der Waals surface area contributed by atoms with Crippen molar-refractivity contribution in [3.8, 4) is 0 Å². The highest BCUT2D eigenvalue weighted by Gasteiger charge is 2.26. The molecule has 3 heterocycles. The third-order valence-corrected chi connectivity index (χ3v) is 4.44. The molecule has 2 aromatic rings. The first kappa shape index (κ1) is 20.9. The normalized spacial score (nSPS) is 15.0. The third-order valence-electron chi connectivity index (χ3n) is 4.44. The molecule has 1 aliphatic heterocycles. The molecule has 3 rings (SSSR count). The fourth-order valence-electron chi connectivity index (χ4n) is 3.08. The number of pyridine rings is 1. The Hall–Kier alpha value is -3.43. The Morgan fingerprint density at radius 3 is 2.61 bits per heavy atom. The molecular weight excluding hydrogens is 364 g/mol. The third kappa shape index (κ3) is 5.06. The topological polar surface area (TPSA) is 135 Å². The Balaban J connectivity index is 0.000000878. The minimum Gasteiger partial charge on any atom is -0.483 e. The van der Waals surface area contributed by atoms with Gasteiger partial charge in [-0.1, -0.05) is 0 Å². The molecule has 28 heavy (non-hydrogen) atoms. The molecule has 0 radical (unpaired) electrons. The van der Waals surface area contributed by atoms with Crippen LogP contribution in [0, 0.1) is 0 Å². The van der Waals surface area contributed by atoms with Crippen LogP contribution in [0.1, 0.15) is 29.7 Å². The molecule has 1 aliphatic rings. The van der Waals surface area contributed by atoms with Gasteiger partial charge >= 0.3 is 0 Å². The number of hydrogen-bond donors (Lipinski definition) is 2. The van der Waals surface area contributed by atoms with Gasteiger partial charge in [0.25, 0.3) is 12.4 Å². The van der Waals surface area contributed by atoms with Gasteiger partial charge < -0.3 is 20.6 Å². The number of amides is 2. The van der Waals surface area contributed by atoms with Crippen LogP contribution in [0.15, 0.2) is 36.8 Å². The van der Waals surface area contributed by atoms with Crippen LogP contribution >= 0.6 is 0 Å². The monoisotopic (exact) mass is 388 g/mol. The zero-order valence-corrected chi connectivity index (χ0v) is 15.6. The molecule has 150 valence electrons. The number of rotatable bonds is 4. The second-order valence-electron chi connectivity index (χ2n) is 6.17. The number of carbonyl (C=O) groups is 3. The molecule has 3 N–H and O–H groups in total. The molecular formula is C18H24N6O4. The number of carboxylic acid groups (broad SMARTS) is 1. The van der Waals surface area contributed by atoms with Crippen molar-refractivity contribution in [3.63, 3.8) is 0 Å². The minimum absolute atomic E-state index is 0.0432. The summed E-state index contributed by atoms with van der Waals surface area (Å²) in [6, 6.07) is 4.85. The number of anilines is 1. The summed E-state index contributed by atoms with van der Waals surface area (Å²) in [5, 5.41) is 11.0. The molecule has 0 aromatic carbocycles. The maximum atomic E-state index is 12.7. The lowest BCUT2D eigenvalue weighted by molar-refractivity contribution is -0.134. The molecule has 2 amide bonds. The van der Waals surface area contributed by atoms with Crippen LogP contribution in [-0.2, 0) is 9.59 Å². The van der Waals surface area contributed by atoms with Gasteiger partial charge in [0.1, 0.15) is 11.9 Å². The highest BCUT2D eigenvalue weighted by atomic mass is 16.3. The smallest absolute Gasteiger partial charge is 0.290 e. The van der Waals surface area contributed by atoms with Crippen molar-refractivity contribution in [1.82, 2.24) is 19.7 Å². The van der Waals surface area contributed by atoms with Crippen LogP contribution in [0.25, 0.3) is 0 Å². The minimum atomic E-state index is -0.493. The number of nitrogens with zero attached hydrogens (tertiary/aromatic N) is 5. The summed E-state index contributed by atoms with van der Waals surface area (Å²) >= 11 is 0. The first-order valence-electron chi connectivity index (χ1n) is 8.85. The Kier molecular flexibility index (Phi) is 7.49. The van der Waals surface area contributed by atoms with Crippen molar-refractivity contribution in [2.45, 2.75) is 19.4 Å². The summed E-state index contributed by atoms with van der Waals surface area (Å²) in [6.07, 6.45) is 5.90. The van der Waals surface area contributed by atoms with Crippen LogP contribution in [0.2, 0.25) is 0 Å². The maximum Gasteiger partial charge on any atom is 0.290 e. The summed E-state index contributed by atoms with van der Waals surface area (Å²) in [6.45, 7) is 4.16. The average Bonchev–Trinajstić information content (AvgIpc) is 3.12. The predicted molar refractivity (Wildman–Crippen MR) is 102 cm³/mol. The van der Waals surface area contributed by atoms with Gasteiger partial charge in [-0.3, -0.25) is 19.1 Å². The van der Waals surface area contributed by atoms with Gasteiger partial charge in [-0.15, -0.1) is 0 Å². The molecule has 0 bridgehead atoms. The Morgan fingerprint density at radius 2 is 1.96 bits per heavy atom. The van der Waals surface area contributed by atoms with Crippen LogP contribution in [0.4, 0.5) is 5.82 Å². The van der Waals surface area contributed by atoms with Crippen LogP contribution in [-0.4, -0.2) is 69.2 Å².